The van der Waals surface area contributed by atoms with Gasteiger partial charge in [0.2, 0.25) is 0 Å². The zero-order chi connectivity index (χ0) is 7.78. The summed E-state index contributed by atoms with van der Waals surface area (Å²) in [5, 5.41) is 8.58. The zero-order valence-electron chi connectivity index (χ0n) is 6.13. The smallest absolute Gasteiger partial charge is 0.323 e. The van der Waals surface area contributed by atoms with Gasteiger partial charge in [0, 0.05) is 0 Å². The van der Waals surface area contributed by atoms with Gasteiger partial charge in [-0.1, -0.05) is 13.3 Å². The van der Waals surface area contributed by atoms with E-state index in [1.54, 1.807) is 0 Å². The van der Waals surface area contributed by atoms with Gasteiger partial charge >= 0.3 is 5.97 Å². The van der Waals surface area contributed by atoms with Gasteiger partial charge in [-0.3, -0.25) is 4.79 Å². The van der Waals surface area contributed by atoms with Gasteiger partial charge in [-0.2, -0.15) is 0 Å². The van der Waals surface area contributed by atoms with E-state index in [1.165, 1.54) is 0 Å². The Morgan fingerprint density at radius 2 is 2.50 bits per heavy atom. The van der Waals surface area contributed by atoms with Gasteiger partial charge in [-0.15, -0.1) is 0 Å². The van der Waals surface area contributed by atoms with Crippen molar-refractivity contribution in [3.63, 3.8) is 0 Å². The highest BCUT2D eigenvalue weighted by Gasteiger charge is 2.56. The molecule has 0 aliphatic heterocycles. The van der Waals surface area contributed by atoms with Gasteiger partial charge in [0.25, 0.3) is 0 Å². The summed E-state index contributed by atoms with van der Waals surface area (Å²) in [5.74, 6) is -0.610. The topological polar surface area (TPSA) is 63.3 Å². The molecule has 1 rings (SSSR count). The lowest BCUT2D eigenvalue weighted by molar-refractivity contribution is -0.140. The van der Waals surface area contributed by atoms with Gasteiger partial charge in [0.15, 0.2) is 0 Å². The predicted molar refractivity (Wildman–Crippen MR) is 37.6 cm³/mol. The van der Waals surface area contributed by atoms with Crippen LogP contribution in [0.3, 0.4) is 0 Å². The van der Waals surface area contributed by atoms with E-state index in [2.05, 4.69) is 0 Å². The number of carbonyl (C=O) groups is 1. The second-order valence-corrected chi connectivity index (χ2v) is 3.04. The van der Waals surface area contributed by atoms with Crippen LogP contribution in [0.4, 0.5) is 0 Å². The molecule has 0 saturated heterocycles. The summed E-state index contributed by atoms with van der Waals surface area (Å²) in [6.07, 6.45) is 2.63. The Bertz CT molecular complexity index is 158. The summed E-state index contributed by atoms with van der Waals surface area (Å²) in [5.41, 5.74) is 4.66. The summed E-state index contributed by atoms with van der Waals surface area (Å²) in [4.78, 5) is 10.4. The van der Waals surface area contributed by atoms with Gasteiger partial charge < -0.3 is 10.8 Å². The molecule has 2 atom stereocenters. The van der Waals surface area contributed by atoms with Gasteiger partial charge in [-0.25, -0.2) is 0 Å². The Morgan fingerprint density at radius 1 is 1.90 bits per heavy atom. The van der Waals surface area contributed by atoms with Crippen molar-refractivity contribution < 1.29 is 9.90 Å². The predicted octanol–water partition coefficient (Wildman–Crippen LogP) is 0.588. The van der Waals surface area contributed by atoms with Crippen molar-refractivity contribution in [3.05, 3.63) is 0 Å². The number of rotatable bonds is 3. The monoisotopic (exact) mass is 143 g/mol. The standard InChI is InChI=1S/C7H13NO2/c1-2-3-5-4-7(5,8)6(9)10/h5H,2-4,8H2,1H3,(H,9,10)/t5-,7-/m0/s1. The van der Waals surface area contributed by atoms with E-state index in [0.29, 0.717) is 6.42 Å². The molecular formula is C7H13NO2. The van der Waals surface area contributed by atoms with Crippen LogP contribution >= 0.6 is 0 Å². The molecule has 0 unspecified atom stereocenters. The summed E-state index contributed by atoms with van der Waals surface area (Å²) in [6.45, 7) is 2.04. The number of nitrogens with two attached hydrogens (primary N) is 1. The minimum Gasteiger partial charge on any atom is -0.480 e. The third-order valence-electron chi connectivity index (χ3n) is 2.19. The van der Waals surface area contributed by atoms with Gasteiger partial charge in [0.05, 0.1) is 0 Å². The number of hydrogen-bond acceptors (Lipinski definition) is 2. The maximum absolute atomic E-state index is 10.4. The van der Waals surface area contributed by atoms with Crippen LogP contribution in [0.25, 0.3) is 0 Å². The lowest BCUT2D eigenvalue weighted by Crippen LogP contribution is -2.35. The third kappa shape index (κ3) is 1.01. The number of aliphatic carboxylic acids is 1. The highest BCUT2D eigenvalue weighted by atomic mass is 16.4. The van der Waals surface area contributed by atoms with Crippen LogP contribution in [0.15, 0.2) is 0 Å². The first-order valence-corrected chi connectivity index (χ1v) is 3.63. The average molecular weight is 143 g/mol. The van der Waals surface area contributed by atoms with Crippen LogP contribution in [0.2, 0.25) is 0 Å². The number of carboxylic acid groups (broad SMARTS) is 1. The Labute approximate surface area is 60.2 Å². The SMILES string of the molecule is CCC[C@H]1C[C@@]1(N)C(=O)O. The molecule has 0 spiro atoms. The molecule has 1 aliphatic carbocycles. The van der Waals surface area contributed by atoms with Crippen molar-refractivity contribution in [3.8, 4) is 0 Å². The van der Waals surface area contributed by atoms with E-state index in [9.17, 15) is 4.79 Å². The zero-order valence-corrected chi connectivity index (χ0v) is 6.13. The molecule has 0 aromatic rings. The molecule has 0 aromatic heterocycles. The highest BCUT2D eigenvalue weighted by Crippen LogP contribution is 2.44. The molecule has 0 radical (unpaired) electrons. The molecule has 0 aromatic carbocycles. The second-order valence-electron chi connectivity index (χ2n) is 3.04. The fourth-order valence-corrected chi connectivity index (χ4v) is 1.32. The molecule has 3 nitrogen and oxygen atoms in total. The molecule has 0 heterocycles. The molecule has 0 amide bonds. The lowest BCUT2D eigenvalue weighted by Gasteiger charge is -2.02. The molecule has 58 valence electrons. The summed E-state index contributed by atoms with van der Waals surface area (Å²) < 4.78 is 0. The summed E-state index contributed by atoms with van der Waals surface area (Å²) in [6, 6.07) is 0. The molecule has 3 N–H and O–H groups in total. The Morgan fingerprint density at radius 3 is 2.80 bits per heavy atom. The normalized spacial score (nSPS) is 37.6. The fourth-order valence-electron chi connectivity index (χ4n) is 1.32. The van der Waals surface area contributed by atoms with E-state index < -0.39 is 11.5 Å². The first kappa shape index (κ1) is 7.54. The van der Waals surface area contributed by atoms with Crippen LogP contribution in [-0.2, 0) is 4.79 Å². The largest absolute Gasteiger partial charge is 0.480 e. The number of hydrogen-bond donors (Lipinski definition) is 2. The quantitative estimate of drug-likeness (QED) is 0.607. The Hall–Kier alpha value is -0.570. The lowest BCUT2D eigenvalue weighted by atomic mass is 10.1. The van der Waals surface area contributed by atoms with Crippen molar-refractivity contribution in [1.29, 1.82) is 0 Å². The van der Waals surface area contributed by atoms with Crippen LogP contribution in [0.1, 0.15) is 26.2 Å². The van der Waals surface area contributed by atoms with Crippen LogP contribution in [0, 0.1) is 5.92 Å². The van der Waals surface area contributed by atoms with E-state index >= 15 is 0 Å². The van der Waals surface area contributed by atoms with E-state index in [-0.39, 0.29) is 5.92 Å². The fraction of sp³-hybridized carbons (Fsp3) is 0.857. The van der Waals surface area contributed by atoms with Crippen molar-refractivity contribution in [1.82, 2.24) is 0 Å². The van der Waals surface area contributed by atoms with Crippen molar-refractivity contribution in [2.75, 3.05) is 0 Å². The average Bonchev–Trinajstić information content (AvgIpc) is 2.45. The van der Waals surface area contributed by atoms with E-state index in [4.69, 9.17) is 10.8 Å². The van der Waals surface area contributed by atoms with Crippen LogP contribution < -0.4 is 5.73 Å². The first-order chi connectivity index (χ1) is 4.61. The van der Waals surface area contributed by atoms with Crippen molar-refractivity contribution >= 4 is 5.97 Å². The van der Waals surface area contributed by atoms with Crippen LogP contribution in [-0.4, -0.2) is 16.6 Å². The van der Waals surface area contributed by atoms with E-state index in [1.807, 2.05) is 6.92 Å². The molecule has 1 saturated carbocycles. The maximum atomic E-state index is 10.4. The molecular weight excluding hydrogens is 130 g/mol. The van der Waals surface area contributed by atoms with Crippen molar-refractivity contribution in [2.24, 2.45) is 11.7 Å². The maximum Gasteiger partial charge on any atom is 0.323 e. The Balaban J connectivity index is 2.40. The summed E-state index contributed by atoms with van der Waals surface area (Å²) in [7, 11) is 0. The van der Waals surface area contributed by atoms with E-state index in [0.717, 1.165) is 12.8 Å². The summed E-state index contributed by atoms with van der Waals surface area (Å²) >= 11 is 0. The highest BCUT2D eigenvalue weighted by molar-refractivity contribution is 5.82. The number of carboxylic acids is 1. The van der Waals surface area contributed by atoms with Gasteiger partial charge in [0.1, 0.15) is 5.54 Å². The minimum absolute atomic E-state index is 0.231. The van der Waals surface area contributed by atoms with Crippen LogP contribution in [0.5, 0.6) is 0 Å². The third-order valence-corrected chi connectivity index (χ3v) is 2.19. The molecule has 3 heteroatoms. The first-order valence-electron chi connectivity index (χ1n) is 3.63. The molecule has 1 fully saturated rings. The molecule has 1 aliphatic rings. The minimum atomic E-state index is -0.865. The Kier molecular flexibility index (Phi) is 1.68. The van der Waals surface area contributed by atoms with Crippen molar-refractivity contribution in [2.45, 2.75) is 31.7 Å². The van der Waals surface area contributed by atoms with Gasteiger partial charge in [-0.05, 0) is 18.8 Å². The molecule has 10 heavy (non-hydrogen) atoms. The second kappa shape index (κ2) is 2.23. The molecule has 0 bridgehead atoms.